The van der Waals surface area contributed by atoms with Crippen LogP contribution in [0.15, 0.2) is 35.9 Å². The third-order valence-electron chi connectivity index (χ3n) is 6.27. The molecule has 1 nitrogen and oxygen atoms in total. The minimum absolute atomic E-state index is 0.0795. The maximum atomic E-state index is 10.8. The van der Waals surface area contributed by atoms with Crippen LogP contribution in [0.3, 0.4) is 0 Å². The lowest BCUT2D eigenvalue weighted by molar-refractivity contribution is -0.0152. The summed E-state index contributed by atoms with van der Waals surface area (Å²) in [6.45, 7) is 9.28. The van der Waals surface area contributed by atoms with E-state index in [1.165, 1.54) is 29.6 Å². The number of rotatable bonds is 1. The van der Waals surface area contributed by atoms with Crippen LogP contribution in [0.4, 0.5) is 0 Å². The summed E-state index contributed by atoms with van der Waals surface area (Å²) in [5, 5.41) is 10.8. The fourth-order valence-corrected chi connectivity index (χ4v) is 4.80. The summed E-state index contributed by atoms with van der Waals surface area (Å²) in [5.41, 5.74) is 4.21. The van der Waals surface area contributed by atoms with Gasteiger partial charge in [0.1, 0.15) is 0 Å². The number of aliphatic hydroxyl groups excluding tert-OH is 1. The largest absolute Gasteiger partial charge is 0.388 e. The number of aliphatic hydroxyl groups is 1. The third kappa shape index (κ3) is 1.65. The second kappa shape index (κ2) is 4.46. The van der Waals surface area contributed by atoms with Crippen molar-refractivity contribution in [3.8, 4) is 0 Å². The van der Waals surface area contributed by atoms with Gasteiger partial charge in [-0.25, -0.2) is 0 Å². The highest BCUT2D eigenvalue weighted by Gasteiger charge is 2.58. The highest BCUT2D eigenvalue weighted by molar-refractivity contribution is 5.77. The summed E-state index contributed by atoms with van der Waals surface area (Å²) in [6, 6.07) is 10.7. The van der Waals surface area contributed by atoms with Gasteiger partial charge in [-0.2, -0.15) is 0 Å². The van der Waals surface area contributed by atoms with Crippen LogP contribution in [0.5, 0.6) is 0 Å². The molecule has 2 aliphatic rings. The van der Waals surface area contributed by atoms with Crippen LogP contribution in [0.2, 0.25) is 0 Å². The zero-order valence-electron chi connectivity index (χ0n) is 13.1. The molecule has 1 saturated carbocycles. The predicted molar refractivity (Wildman–Crippen MR) is 84.3 cm³/mol. The van der Waals surface area contributed by atoms with Gasteiger partial charge in [-0.15, -0.1) is 0 Å². The molecule has 0 saturated heterocycles. The first kappa shape index (κ1) is 13.9. The molecule has 1 N–H and O–H groups in total. The van der Waals surface area contributed by atoms with Gasteiger partial charge >= 0.3 is 0 Å². The van der Waals surface area contributed by atoms with Crippen LogP contribution in [-0.2, 0) is 0 Å². The topological polar surface area (TPSA) is 20.2 Å². The monoisotopic (exact) mass is 270 g/mol. The van der Waals surface area contributed by atoms with E-state index in [9.17, 15) is 5.11 Å². The smallest absolute Gasteiger partial charge is 0.0790 e. The standard InChI is InChI=1S/C19H26O/c1-13-16(14-9-6-5-7-10-14)19(4)15(17(13)20)11-8-12-18(19,2)3/h5-7,9-10,15,17,20H,8,11-12H2,1-4H3. The minimum atomic E-state index is -0.269. The van der Waals surface area contributed by atoms with E-state index in [2.05, 4.69) is 58.0 Å². The van der Waals surface area contributed by atoms with E-state index in [0.29, 0.717) is 5.92 Å². The van der Waals surface area contributed by atoms with Gasteiger partial charge in [-0.1, -0.05) is 57.5 Å². The van der Waals surface area contributed by atoms with Crippen molar-refractivity contribution in [2.45, 2.75) is 53.1 Å². The summed E-state index contributed by atoms with van der Waals surface area (Å²) >= 11 is 0. The van der Waals surface area contributed by atoms with Crippen LogP contribution in [-0.4, -0.2) is 11.2 Å². The van der Waals surface area contributed by atoms with Crippen molar-refractivity contribution in [3.63, 3.8) is 0 Å². The Balaban J connectivity index is 2.20. The van der Waals surface area contributed by atoms with Crippen LogP contribution in [0, 0.1) is 16.7 Å². The fourth-order valence-electron chi connectivity index (χ4n) is 4.80. The molecule has 1 heteroatoms. The predicted octanol–water partition coefficient (Wildman–Crippen LogP) is 4.67. The van der Waals surface area contributed by atoms with Gasteiger partial charge in [0, 0.05) is 5.41 Å². The second-order valence-corrected chi connectivity index (χ2v) is 7.45. The molecular weight excluding hydrogens is 244 g/mol. The lowest BCUT2D eigenvalue weighted by atomic mass is 9.52. The number of hydrogen-bond acceptors (Lipinski definition) is 1. The van der Waals surface area contributed by atoms with Crippen molar-refractivity contribution < 1.29 is 5.11 Å². The Morgan fingerprint density at radius 2 is 1.75 bits per heavy atom. The maximum absolute atomic E-state index is 10.8. The number of hydrogen-bond donors (Lipinski definition) is 1. The van der Waals surface area contributed by atoms with E-state index >= 15 is 0 Å². The molecule has 0 heterocycles. The van der Waals surface area contributed by atoms with E-state index in [-0.39, 0.29) is 16.9 Å². The lowest BCUT2D eigenvalue weighted by Crippen LogP contribution is -2.46. The van der Waals surface area contributed by atoms with E-state index < -0.39 is 0 Å². The molecule has 20 heavy (non-hydrogen) atoms. The summed E-state index contributed by atoms with van der Waals surface area (Å²) in [5.74, 6) is 0.376. The molecule has 0 radical (unpaired) electrons. The average Bonchev–Trinajstić information content (AvgIpc) is 2.62. The van der Waals surface area contributed by atoms with E-state index in [1.54, 1.807) is 0 Å². The van der Waals surface area contributed by atoms with E-state index in [4.69, 9.17) is 0 Å². The molecule has 3 unspecified atom stereocenters. The minimum Gasteiger partial charge on any atom is -0.388 e. The first-order chi connectivity index (χ1) is 9.39. The maximum Gasteiger partial charge on any atom is 0.0790 e. The van der Waals surface area contributed by atoms with Gasteiger partial charge in [0.15, 0.2) is 0 Å². The summed E-state index contributed by atoms with van der Waals surface area (Å²) in [7, 11) is 0. The lowest BCUT2D eigenvalue weighted by Gasteiger charge is -2.52. The Hall–Kier alpha value is -1.08. The Morgan fingerprint density at radius 3 is 2.40 bits per heavy atom. The van der Waals surface area contributed by atoms with Crippen molar-refractivity contribution in [2.24, 2.45) is 16.7 Å². The van der Waals surface area contributed by atoms with E-state index in [0.717, 1.165) is 6.42 Å². The molecule has 2 aliphatic carbocycles. The quantitative estimate of drug-likeness (QED) is 0.786. The first-order valence-corrected chi connectivity index (χ1v) is 7.84. The molecule has 108 valence electrons. The molecule has 1 aromatic carbocycles. The average molecular weight is 270 g/mol. The van der Waals surface area contributed by atoms with Crippen molar-refractivity contribution in [2.75, 3.05) is 0 Å². The van der Waals surface area contributed by atoms with Gasteiger partial charge in [0.2, 0.25) is 0 Å². The molecule has 0 spiro atoms. The molecule has 0 bridgehead atoms. The molecule has 0 aliphatic heterocycles. The van der Waals surface area contributed by atoms with Gasteiger partial charge in [0.25, 0.3) is 0 Å². The van der Waals surface area contributed by atoms with Gasteiger partial charge in [-0.05, 0) is 47.8 Å². The Labute approximate surface area is 122 Å². The Bertz CT molecular complexity index is 540. The van der Waals surface area contributed by atoms with Crippen LogP contribution < -0.4 is 0 Å². The number of allylic oxidation sites excluding steroid dienone is 1. The van der Waals surface area contributed by atoms with Gasteiger partial charge in [-0.3, -0.25) is 0 Å². The van der Waals surface area contributed by atoms with Gasteiger partial charge in [0.05, 0.1) is 6.10 Å². The van der Waals surface area contributed by atoms with Crippen molar-refractivity contribution in [3.05, 3.63) is 41.5 Å². The molecule has 3 atom stereocenters. The summed E-state index contributed by atoms with van der Waals surface area (Å²) in [4.78, 5) is 0. The zero-order chi connectivity index (χ0) is 14.5. The molecule has 0 amide bonds. The molecule has 0 aromatic heterocycles. The molecular formula is C19H26O. The highest BCUT2D eigenvalue weighted by atomic mass is 16.3. The van der Waals surface area contributed by atoms with Crippen LogP contribution in [0.1, 0.15) is 52.5 Å². The highest BCUT2D eigenvalue weighted by Crippen LogP contribution is 2.65. The van der Waals surface area contributed by atoms with E-state index in [1.807, 2.05) is 0 Å². The van der Waals surface area contributed by atoms with Crippen molar-refractivity contribution >= 4 is 5.57 Å². The third-order valence-corrected chi connectivity index (χ3v) is 6.27. The SMILES string of the molecule is CC1=C(c2ccccc2)C2(C)C(CCCC2(C)C)C1O. The number of fused-ring (bicyclic) bond motifs is 1. The Morgan fingerprint density at radius 1 is 1.10 bits per heavy atom. The van der Waals surface area contributed by atoms with Crippen LogP contribution >= 0.6 is 0 Å². The molecule has 1 aromatic rings. The summed E-state index contributed by atoms with van der Waals surface area (Å²) < 4.78 is 0. The van der Waals surface area contributed by atoms with Gasteiger partial charge < -0.3 is 5.11 Å². The van der Waals surface area contributed by atoms with Crippen LogP contribution in [0.25, 0.3) is 5.57 Å². The first-order valence-electron chi connectivity index (χ1n) is 7.84. The fraction of sp³-hybridized carbons (Fsp3) is 0.579. The normalized spacial score (nSPS) is 36.0. The molecule has 3 rings (SSSR count). The number of benzene rings is 1. The summed E-state index contributed by atoms with van der Waals surface area (Å²) in [6.07, 6.45) is 3.36. The second-order valence-electron chi connectivity index (χ2n) is 7.45. The Kier molecular flexibility index (Phi) is 3.10. The molecule has 1 fully saturated rings. The zero-order valence-corrected chi connectivity index (χ0v) is 13.1. The van der Waals surface area contributed by atoms with Crippen molar-refractivity contribution in [1.29, 1.82) is 0 Å². The van der Waals surface area contributed by atoms with Crippen molar-refractivity contribution in [1.82, 2.24) is 0 Å².